The highest BCUT2D eigenvalue weighted by atomic mass is 35.5. The molecule has 2 aromatic carbocycles. The van der Waals surface area contributed by atoms with Gasteiger partial charge < -0.3 is 10.5 Å². The van der Waals surface area contributed by atoms with Crippen molar-refractivity contribution in [3.05, 3.63) is 64.2 Å². The molecule has 0 fully saturated rings. The van der Waals surface area contributed by atoms with Crippen LogP contribution in [-0.2, 0) is 6.61 Å². The zero-order valence-corrected chi connectivity index (χ0v) is 11.6. The topological polar surface area (TPSA) is 35.2 Å². The van der Waals surface area contributed by atoms with Crippen molar-refractivity contribution < 1.29 is 13.5 Å². The van der Waals surface area contributed by atoms with E-state index in [1.54, 1.807) is 19.1 Å². The Morgan fingerprint density at radius 1 is 1.20 bits per heavy atom. The lowest BCUT2D eigenvalue weighted by Crippen LogP contribution is -2.08. The maximum atomic E-state index is 13.3. The van der Waals surface area contributed by atoms with Crippen LogP contribution in [0.3, 0.4) is 0 Å². The van der Waals surface area contributed by atoms with Crippen LogP contribution in [0.4, 0.5) is 8.78 Å². The summed E-state index contributed by atoms with van der Waals surface area (Å²) < 4.78 is 31.9. The third-order valence-electron chi connectivity index (χ3n) is 2.84. The van der Waals surface area contributed by atoms with Crippen molar-refractivity contribution in [1.82, 2.24) is 0 Å². The number of rotatable bonds is 4. The molecule has 0 aliphatic rings. The molecule has 2 aromatic rings. The minimum Gasteiger partial charge on any atom is -0.488 e. The van der Waals surface area contributed by atoms with Crippen LogP contribution < -0.4 is 10.5 Å². The van der Waals surface area contributed by atoms with Gasteiger partial charge in [0, 0.05) is 17.7 Å². The molecule has 2 N–H and O–H groups in total. The summed E-state index contributed by atoms with van der Waals surface area (Å²) in [5.74, 6) is -0.514. The van der Waals surface area contributed by atoms with Crippen LogP contribution >= 0.6 is 11.6 Å². The quantitative estimate of drug-likeness (QED) is 0.917. The summed E-state index contributed by atoms with van der Waals surface area (Å²) in [6, 6.07) is 8.23. The van der Waals surface area contributed by atoms with Gasteiger partial charge in [0.25, 0.3) is 0 Å². The molecular formula is C15H14ClF2NO. The minimum absolute atomic E-state index is 0.0257. The average molecular weight is 298 g/mol. The summed E-state index contributed by atoms with van der Waals surface area (Å²) in [6.45, 7) is 1.94. The zero-order valence-electron chi connectivity index (χ0n) is 10.9. The van der Waals surface area contributed by atoms with Crippen LogP contribution in [-0.4, -0.2) is 0 Å². The van der Waals surface area contributed by atoms with Gasteiger partial charge in [0.2, 0.25) is 0 Å². The second kappa shape index (κ2) is 6.20. The molecule has 1 atom stereocenters. The fraction of sp³-hybridized carbons (Fsp3) is 0.200. The van der Waals surface area contributed by atoms with E-state index in [-0.39, 0.29) is 17.7 Å². The van der Waals surface area contributed by atoms with Gasteiger partial charge in [-0.3, -0.25) is 0 Å². The number of benzene rings is 2. The highest BCUT2D eigenvalue weighted by Crippen LogP contribution is 2.26. The van der Waals surface area contributed by atoms with E-state index in [0.29, 0.717) is 16.9 Å². The first-order valence-electron chi connectivity index (χ1n) is 6.09. The van der Waals surface area contributed by atoms with Crippen LogP contribution in [0.25, 0.3) is 0 Å². The van der Waals surface area contributed by atoms with Crippen LogP contribution in [0.2, 0.25) is 5.02 Å². The average Bonchev–Trinajstić information content (AvgIpc) is 2.40. The SMILES string of the molecule is C[C@H](N)c1ccc(F)cc1OCc1ccc(F)c(Cl)c1. The second-order valence-electron chi connectivity index (χ2n) is 4.51. The van der Waals surface area contributed by atoms with Gasteiger partial charge in [0.1, 0.15) is 24.0 Å². The van der Waals surface area contributed by atoms with Gasteiger partial charge in [0.15, 0.2) is 0 Å². The normalized spacial score (nSPS) is 12.2. The number of halogens is 3. The molecule has 2 nitrogen and oxygen atoms in total. The molecule has 0 amide bonds. The molecular weight excluding hydrogens is 284 g/mol. The third-order valence-corrected chi connectivity index (χ3v) is 3.13. The van der Waals surface area contributed by atoms with E-state index in [9.17, 15) is 8.78 Å². The van der Waals surface area contributed by atoms with E-state index in [2.05, 4.69) is 0 Å². The number of ether oxygens (including phenoxy) is 1. The Morgan fingerprint density at radius 3 is 2.60 bits per heavy atom. The standard InChI is InChI=1S/C15H14ClF2NO/c1-9(19)12-4-3-11(17)7-15(12)20-8-10-2-5-14(18)13(16)6-10/h2-7,9H,8,19H2,1H3/t9-/m0/s1. The number of hydrogen-bond acceptors (Lipinski definition) is 2. The number of hydrogen-bond donors (Lipinski definition) is 1. The first kappa shape index (κ1) is 14.8. The summed E-state index contributed by atoms with van der Waals surface area (Å²) in [5, 5.41) is 0.0257. The Bertz CT molecular complexity index is 617. The molecule has 0 aliphatic heterocycles. The van der Waals surface area contributed by atoms with Gasteiger partial charge in [-0.1, -0.05) is 23.7 Å². The summed E-state index contributed by atoms with van der Waals surface area (Å²) in [7, 11) is 0. The van der Waals surface area contributed by atoms with Gasteiger partial charge in [-0.2, -0.15) is 0 Å². The van der Waals surface area contributed by atoms with E-state index < -0.39 is 11.6 Å². The van der Waals surface area contributed by atoms with Gasteiger partial charge >= 0.3 is 0 Å². The summed E-state index contributed by atoms with van der Waals surface area (Å²) in [6.07, 6.45) is 0. The Morgan fingerprint density at radius 2 is 1.95 bits per heavy atom. The minimum atomic E-state index is -0.488. The van der Waals surface area contributed by atoms with Crippen LogP contribution in [0.1, 0.15) is 24.1 Å². The van der Waals surface area contributed by atoms with Crippen LogP contribution in [0, 0.1) is 11.6 Å². The largest absolute Gasteiger partial charge is 0.488 e. The van der Waals surface area contributed by atoms with Crippen molar-refractivity contribution in [1.29, 1.82) is 0 Å². The summed E-state index contributed by atoms with van der Waals surface area (Å²) >= 11 is 5.69. The molecule has 20 heavy (non-hydrogen) atoms. The van der Waals surface area contributed by atoms with Crippen molar-refractivity contribution in [2.24, 2.45) is 5.73 Å². The van der Waals surface area contributed by atoms with Crippen molar-refractivity contribution >= 4 is 11.6 Å². The zero-order chi connectivity index (χ0) is 14.7. The molecule has 0 saturated heterocycles. The van der Waals surface area contributed by atoms with Gasteiger partial charge in [-0.25, -0.2) is 8.78 Å². The lowest BCUT2D eigenvalue weighted by atomic mass is 10.1. The highest BCUT2D eigenvalue weighted by molar-refractivity contribution is 6.30. The Labute approximate surface area is 121 Å². The van der Waals surface area contributed by atoms with Crippen LogP contribution in [0.15, 0.2) is 36.4 Å². The smallest absolute Gasteiger partial charge is 0.141 e. The maximum Gasteiger partial charge on any atom is 0.141 e. The molecule has 0 spiro atoms. The van der Waals surface area contributed by atoms with Crippen molar-refractivity contribution in [3.63, 3.8) is 0 Å². The Balaban J connectivity index is 2.17. The molecule has 0 bridgehead atoms. The molecule has 2 rings (SSSR count). The summed E-state index contributed by atoms with van der Waals surface area (Å²) in [5.41, 5.74) is 7.20. The van der Waals surface area contributed by atoms with Gasteiger partial charge in [-0.15, -0.1) is 0 Å². The Kier molecular flexibility index (Phi) is 4.57. The highest BCUT2D eigenvalue weighted by Gasteiger charge is 2.10. The fourth-order valence-corrected chi connectivity index (χ4v) is 2.00. The lowest BCUT2D eigenvalue weighted by Gasteiger charge is -2.14. The lowest BCUT2D eigenvalue weighted by molar-refractivity contribution is 0.299. The maximum absolute atomic E-state index is 13.3. The van der Waals surface area contributed by atoms with E-state index in [0.717, 1.165) is 0 Å². The monoisotopic (exact) mass is 297 g/mol. The van der Waals surface area contributed by atoms with Gasteiger partial charge in [-0.05, 0) is 30.7 Å². The van der Waals surface area contributed by atoms with E-state index >= 15 is 0 Å². The molecule has 0 aromatic heterocycles. The molecule has 0 heterocycles. The van der Waals surface area contributed by atoms with Gasteiger partial charge in [0.05, 0.1) is 5.02 Å². The first-order valence-corrected chi connectivity index (χ1v) is 6.47. The first-order chi connectivity index (χ1) is 9.47. The molecule has 0 radical (unpaired) electrons. The predicted octanol–water partition coefficient (Wildman–Crippen LogP) is 4.22. The molecule has 106 valence electrons. The second-order valence-corrected chi connectivity index (χ2v) is 4.92. The van der Waals surface area contributed by atoms with E-state index in [4.69, 9.17) is 22.1 Å². The number of nitrogens with two attached hydrogens (primary N) is 1. The molecule has 0 unspecified atom stereocenters. The third kappa shape index (κ3) is 3.46. The fourth-order valence-electron chi connectivity index (χ4n) is 1.80. The summed E-state index contributed by atoms with van der Waals surface area (Å²) in [4.78, 5) is 0. The van der Waals surface area contributed by atoms with Crippen molar-refractivity contribution in [3.8, 4) is 5.75 Å². The van der Waals surface area contributed by atoms with Crippen LogP contribution in [0.5, 0.6) is 5.75 Å². The molecule has 5 heteroatoms. The Hall–Kier alpha value is -1.65. The van der Waals surface area contributed by atoms with Crippen molar-refractivity contribution in [2.75, 3.05) is 0 Å². The molecule has 0 aliphatic carbocycles. The van der Waals surface area contributed by atoms with E-state index in [1.807, 2.05) is 0 Å². The van der Waals surface area contributed by atoms with E-state index in [1.165, 1.54) is 24.3 Å². The molecule has 0 saturated carbocycles. The predicted molar refractivity (Wildman–Crippen MR) is 74.7 cm³/mol. The van der Waals surface area contributed by atoms with Crippen molar-refractivity contribution in [2.45, 2.75) is 19.6 Å².